The van der Waals surface area contributed by atoms with Crippen LogP contribution in [-0.4, -0.2) is 82.0 Å². The first-order valence-electron chi connectivity index (χ1n) is 12.6. The van der Waals surface area contributed by atoms with Crippen molar-refractivity contribution in [2.45, 2.75) is 56.9 Å². The minimum atomic E-state index is -3.03. The van der Waals surface area contributed by atoms with E-state index in [0.717, 1.165) is 36.1 Å². The lowest BCUT2D eigenvalue weighted by Gasteiger charge is -2.31. The van der Waals surface area contributed by atoms with Crippen LogP contribution in [-0.2, 0) is 9.84 Å². The Morgan fingerprint density at radius 3 is 2.56 bits per heavy atom. The van der Waals surface area contributed by atoms with Crippen LogP contribution in [0.2, 0.25) is 0 Å². The van der Waals surface area contributed by atoms with Gasteiger partial charge in [0.05, 0.1) is 22.3 Å². The summed E-state index contributed by atoms with van der Waals surface area (Å²) in [6.07, 6.45) is 7.35. The van der Waals surface area contributed by atoms with Crippen LogP contribution >= 0.6 is 0 Å². The average Bonchev–Trinajstić information content (AvgIpc) is 3.46. The number of piperidine rings is 1. The van der Waals surface area contributed by atoms with Crippen molar-refractivity contribution >= 4 is 44.1 Å². The van der Waals surface area contributed by atoms with Gasteiger partial charge in [0.25, 0.3) is 0 Å². The average molecular weight is 515 g/mol. The molecule has 36 heavy (non-hydrogen) atoms. The molecule has 0 bridgehead atoms. The lowest BCUT2D eigenvalue weighted by atomic mass is 10.1. The van der Waals surface area contributed by atoms with E-state index in [2.05, 4.69) is 39.0 Å². The summed E-state index contributed by atoms with van der Waals surface area (Å²) in [5.74, 6) is 2.71. The van der Waals surface area contributed by atoms with Gasteiger partial charge in [-0.25, -0.2) is 18.4 Å². The fourth-order valence-electron chi connectivity index (χ4n) is 4.95. The van der Waals surface area contributed by atoms with Crippen molar-refractivity contribution in [2.75, 3.05) is 47.6 Å². The molecule has 0 radical (unpaired) electrons. The lowest BCUT2D eigenvalue weighted by molar-refractivity contribution is 0.198. The zero-order chi connectivity index (χ0) is 25.4. The van der Waals surface area contributed by atoms with Crippen LogP contribution in [0, 0.1) is 0 Å². The number of anilines is 4. The molecule has 3 aromatic heterocycles. The number of nitrogens with zero attached hydrogens (tertiary/aromatic N) is 7. The number of aliphatic hydroxyl groups excluding tert-OH is 1. The number of nitrogens with one attached hydrogen (secondary N) is 1. The lowest BCUT2D eigenvalue weighted by Crippen LogP contribution is -2.39. The molecule has 2 N–H and O–H groups in total. The summed E-state index contributed by atoms with van der Waals surface area (Å²) in [5.41, 5.74) is 0.982. The van der Waals surface area contributed by atoms with Crippen molar-refractivity contribution in [1.82, 2.24) is 24.7 Å². The third-order valence-electron chi connectivity index (χ3n) is 7.27. The smallest absolute Gasteiger partial charge is 0.227 e. The van der Waals surface area contributed by atoms with Crippen molar-refractivity contribution in [3.63, 3.8) is 0 Å². The standard InChI is InChI=1S/C24H34N8O3S/c1-4-16(2)32-20-13-22(26-14-19(20)23(29-32)31-10-6-17(33)15-31)27-21-5-9-25-24(28-21)30-11-7-18(8-12-30)36(3,34)35/h5,9,13-14,16-18,33H,4,6-8,10-12,15H2,1-3H3,(H,25,26,27,28). The maximum atomic E-state index is 11.9. The Balaban J connectivity index is 1.38. The van der Waals surface area contributed by atoms with Crippen LogP contribution in [0.1, 0.15) is 45.6 Å². The fourth-order valence-corrected chi connectivity index (χ4v) is 6.01. The largest absolute Gasteiger partial charge is 0.391 e. The molecule has 2 saturated heterocycles. The van der Waals surface area contributed by atoms with Crippen LogP contribution in [0.3, 0.4) is 0 Å². The zero-order valence-corrected chi connectivity index (χ0v) is 21.8. The monoisotopic (exact) mass is 514 g/mol. The number of hydrogen-bond acceptors (Lipinski definition) is 10. The SMILES string of the molecule is CCC(C)n1nc(N2CCC(O)C2)c2cnc(Nc3ccnc(N4CCC(S(C)(=O)=O)CC4)n3)cc21. The van der Waals surface area contributed by atoms with Crippen molar-refractivity contribution in [1.29, 1.82) is 0 Å². The highest BCUT2D eigenvalue weighted by Gasteiger charge is 2.28. The summed E-state index contributed by atoms with van der Waals surface area (Å²) >= 11 is 0. The Kier molecular flexibility index (Phi) is 6.73. The first kappa shape index (κ1) is 24.7. The Morgan fingerprint density at radius 2 is 1.89 bits per heavy atom. The molecule has 3 aromatic rings. The number of pyridine rings is 1. The van der Waals surface area contributed by atoms with E-state index in [1.165, 1.54) is 6.26 Å². The Hall–Kier alpha value is -2.99. The summed E-state index contributed by atoms with van der Waals surface area (Å²) in [7, 11) is -3.03. The van der Waals surface area contributed by atoms with Crippen molar-refractivity contribution in [3.05, 3.63) is 24.5 Å². The molecule has 0 spiro atoms. The van der Waals surface area contributed by atoms with E-state index in [0.29, 0.717) is 50.1 Å². The summed E-state index contributed by atoms with van der Waals surface area (Å²) in [6.45, 7) is 6.85. The Morgan fingerprint density at radius 1 is 1.14 bits per heavy atom. The normalized spacial score (nSPS) is 20.3. The summed E-state index contributed by atoms with van der Waals surface area (Å²) in [6, 6.07) is 4.00. The van der Waals surface area contributed by atoms with Crippen molar-refractivity contribution in [3.8, 4) is 0 Å². The van der Waals surface area contributed by atoms with E-state index < -0.39 is 9.84 Å². The molecule has 2 fully saturated rings. The molecule has 5 heterocycles. The molecule has 11 nitrogen and oxygen atoms in total. The number of aromatic nitrogens is 5. The van der Waals surface area contributed by atoms with E-state index in [-0.39, 0.29) is 17.4 Å². The number of fused-ring (bicyclic) bond motifs is 1. The molecule has 0 aromatic carbocycles. The third kappa shape index (κ3) is 4.96. The van der Waals surface area contributed by atoms with Gasteiger partial charge in [0.2, 0.25) is 5.95 Å². The summed E-state index contributed by atoms with van der Waals surface area (Å²) < 4.78 is 25.8. The highest BCUT2D eigenvalue weighted by molar-refractivity contribution is 7.91. The van der Waals surface area contributed by atoms with Gasteiger partial charge in [0.1, 0.15) is 21.5 Å². The van der Waals surface area contributed by atoms with Crippen LogP contribution in [0.5, 0.6) is 0 Å². The van der Waals surface area contributed by atoms with Gasteiger partial charge in [-0.2, -0.15) is 10.1 Å². The zero-order valence-electron chi connectivity index (χ0n) is 21.0. The van der Waals surface area contributed by atoms with E-state index in [9.17, 15) is 13.5 Å². The minimum Gasteiger partial charge on any atom is -0.391 e. The second-order valence-corrected chi connectivity index (χ2v) is 12.2. The second kappa shape index (κ2) is 9.81. The van der Waals surface area contributed by atoms with Crippen LogP contribution in [0.4, 0.5) is 23.4 Å². The third-order valence-corrected chi connectivity index (χ3v) is 8.96. The van der Waals surface area contributed by atoms with E-state index >= 15 is 0 Å². The molecular weight excluding hydrogens is 480 g/mol. The van der Waals surface area contributed by atoms with Gasteiger partial charge in [-0.05, 0) is 38.7 Å². The Labute approximate surface area is 211 Å². The van der Waals surface area contributed by atoms with Crippen LogP contribution < -0.4 is 15.1 Å². The first-order valence-corrected chi connectivity index (χ1v) is 14.5. The van der Waals surface area contributed by atoms with E-state index in [1.54, 1.807) is 12.3 Å². The van der Waals surface area contributed by atoms with E-state index in [1.807, 2.05) is 21.8 Å². The van der Waals surface area contributed by atoms with Gasteiger partial charge < -0.3 is 20.2 Å². The molecule has 2 atom stereocenters. The van der Waals surface area contributed by atoms with Gasteiger partial charge in [-0.3, -0.25) is 4.68 Å². The van der Waals surface area contributed by atoms with Gasteiger partial charge in [0.15, 0.2) is 5.82 Å². The number of aliphatic hydroxyl groups is 1. The van der Waals surface area contributed by atoms with Crippen molar-refractivity contribution < 1.29 is 13.5 Å². The van der Waals surface area contributed by atoms with Crippen LogP contribution in [0.25, 0.3) is 10.9 Å². The number of rotatable bonds is 7. The van der Waals surface area contributed by atoms with Gasteiger partial charge in [0, 0.05) is 56.9 Å². The molecule has 194 valence electrons. The van der Waals surface area contributed by atoms with Gasteiger partial charge >= 0.3 is 0 Å². The van der Waals surface area contributed by atoms with E-state index in [4.69, 9.17) is 5.10 Å². The molecule has 2 unspecified atom stereocenters. The number of hydrogen-bond donors (Lipinski definition) is 2. The predicted molar refractivity (Wildman–Crippen MR) is 141 cm³/mol. The summed E-state index contributed by atoms with van der Waals surface area (Å²) in [4.78, 5) is 17.9. The molecule has 0 amide bonds. The van der Waals surface area contributed by atoms with Crippen molar-refractivity contribution in [2.24, 2.45) is 0 Å². The number of β-amino-alcohol motifs (C(OH)–C–C–N with tert-alkyl or cyclic N) is 1. The minimum absolute atomic E-state index is 0.213. The first-order chi connectivity index (χ1) is 17.2. The summed E-state index contributed by atoms with van der Waals surface area (Å²) in [5, 5.41) is 18.9. The number of sulfone groups is 1. The topological polar surface area (TPSA) is 129 Å². The quantitative estimate of drug-likeness (QED) is 0.485. The highest BCUT2D eigenvalue weighted by Crippen LogP contribution is 2.32. The highest BCUT2D eigenvalue weighted by atomic mass is 32.2. The van der Waals surface area contributed by atoms with Gasteiger partial charge in [-0.1, -0.05) is 6.92 Å². The fraction of sp³-hybridized carbons (Fsp3) is 0.583. The molecule has 5 rings (SSSR count). The molecule has 0 aliphatic carbocycles. The predicted octanol–water partition coefficient (Wildman–Crippen LogP) is 2.52. The van der Waals surface area contributed by atoms with Crippen LogP contribution in [0.15, 0.2) is 24.5 Å². The maximum absolute atomic E-state index is 11.9. The van der Waals surface area contributed by atoms with Gasteiger partial charge in [-0.15, -0.1) is 0 Å². The second-order valence-electron chi connectivity index (χ2n) is 9.88. The molecule has 2 aliphatic heterocycles. The molecular formula is C24H34N8O3S. The molecule has 0 saturated carbocycles. The maximum Gasteiger partial charge on any atom is 0.227 e. The molecule has 12 heteroatoms. The molecule has 2 aliphatic rings. The Bertz CT molecular complexity index is 1340.